The summed E-state index contributed by atoms with van der Waals surface area (Å²) in [6.07, 6.45) is 3.21. The average Bonchev–Trinajstić information content (AvgIpc) is 3.29. The second-order valence-electron chi connectivity index (χ2n) is 9.14. The molecule has 3 aromatic rings. The van der Waals surface area contributed by atoms with Crippen molar-refractivity contribution in [2.75, 3.05) is 41.8 Å². The second-order valence-corrected chi connectivity index (χ2v) is 9.14. The number of amides is 1. The summed E-state index contributed by atoms with van der Waals surface area (Å²) >= 11 is 0. The molecule has 2 heterocycles. The van der Waals surface area contributed by atoms with Crippen LogP contribution in [-0.4, -0.2) is 42.2 Å². The van der Waals surface area contributed by atoms with Crippen LogP contribution in [0.5, 0.6) is 0 Å². The van der Waals surface area contributed by atoms with Gasteiger partial charge in [-0.2, -0.15) is 0 Å². The van der Waals surface area contributed by atoms with Crippen molar-refractivity contribution in [3.63, 3.8) is 0 Å². The van der Waals surface area contributed by atoms with E-state index in [1.807, 2.05) is 13.8 Å². The van der Waals surface area contributed by atoms with Crippen molar-refractivity contribution in [1.82, 2.24) is 9.97 Å². The molecule has 8 heteroatoms. The van der Waals surface area contributed by atoms with E-state index in [-0.39, 0.29) is 11.9 Å². The molecule has 7 nitrogen and oxygen atoms in total. The number of nitrogens with zero attached hydrogens (tertiary/aromatic N) is 3. The van der Waals surface area contributed by atoms with Crippen LogP contribution in [-0.2, 0) is 22.4 Å². The number of anilines is 3. The third-order valence-corrected chi connectivity index (χ3v) is 6.60. The van der Waals surface area contributed by atoms with E-state index in [1.54, 1.807) is 6.07 Å². The van der Waals surface area contributed by atoms with E-state index in [4.69, 9.17) is 14.7 Å². The molecule has 1 atom stereocenters. The van der Waals surface area contributed by atoms with Crippen LogP contribution in [0.2, 0.25) is 0 Å². The Kier molecular flexibility index (Phi) is 6.08. The van der Waals surface area contributed by atoms with E-state index >= 15 is 0 Å². The number of nitrogens with one attached hydrogen (secondary N) is 2. The van der Waals surface area contributed by atoms with Gasteiger partial charge >= 0.3 is 0 Å². The van der Waals surface area contributed by atoms with Gasteiger partial charge < -0.3 is 20.3 Å². The normalized spacial score (nSPS) is 16.4. The first-order valence-electron chi connectivity index (χ1n) is 11.9. The molecule has 0 radical (unpaired) electrons. The summed E-state index contributed by atoms with van der Waals surface area (Å²) in [7, 11) is 0. The maximum Gasteiger partial charge on any atom is 0.221 e. The van der Waals surface area contributed by atoms with Crippen LogP contribution in [0, 0.1) is 12.7 Å². The highest BCUT2D eigenvalue weighted by molar-refractivity contribution is 5.96. The van der Waals surface area contributed by atoms with Gasteiger partial charge in [-0.3, -0.25) is 4.79 Å². The Bertz CT molecular complexity index is 1260. The van der Waals surface area contributed by atoms with Crippen molar-refractivity contribution in [3.05, 3.63) is 52.6 Å². The molecule has 1 aliphatic carbocycles. The van der Waals surface area contributed by atoms with Crippen LogP contribution in [0.15, 0.2) is 24.3 Å². The van der Waals surface area contributed by atoms with Gasteiger partial charge in [-0.05, 0) is 74.1 Å². The Hall–Kier alpha value is -3.26. The fourth-order valence-electron chi connectivity index (χ4n) is 5.08. The molecular weight excluding hydrogens is 433 g/mol. The number of carbonyl (C=O) groups excluding carboxylic acids is 1. The highest BCUT2D eigenvalue weighted by Crippen LogP contribution is 2.39. The number of hydrogen-bond donors (Lipinski definition) is 2. The van der Waals surface area contributed by atoms with E-state index in [0.29, 0.717) is 11.5 Å². The molecule has 1 aromatic heterocycles. The first kappa shape index (κ1) is 22.5. The minimum atomic E-state index is -0.397. The van der Waals surface area contributed by atoms with Crippen LogP contribution >= 0.6 is 0 Å². The molecule has 2 aromatic carbocycles. The van der Waals surface area contributed by atoms with Crippen molar-refractivity contribution < 1.29 is 13.9 Å². The Morgan fingerprint density at radius 2 is 1.88 bits per heavy atom. The number of halogens is 1. The number of hydrogen-bond acceptors (Lipinski definition) is 6. The molecule has 0 bridgehead atoms. The third-order valence-electron chi connectivity index (χ3n) is 6.60. The van der Waals surface area contributed by atoms with E-state index < -0.39 is 5.82 Å². The molecule has 178 valence electrons. The predicted octanol–water partition coefficient (Wildman–Crippen LogP) is 4.53. The maximum atomic E-state index is 14.3. The number of ether oxygens (including phenoxy) is 1. The van der Waals surface area contributed by atoms with Gasteiger partial charge in [-0.1, -0.05) is 0 Å². The lowest BCUT2D eigenvalue weighted by molar-refractivity contribution is -0.114. The van der Waals surface area contributed by atoms with E-state index in [2.05, 4.69) is 21.6 Å². The lowest BCUT2D eigenvalue weighted by Crippen LogP contribution is -2.36. The van der Waals surface area contributed by atoms with Gasteiger partial charge in [-0.15, -0.1) is 0 Å². The summed E-state index contributed by atoms with van der Waals surface area (Å²) in [5, 5.41) is 7.15. The van der Waals surface area contributed by atoms with E-state index in [0.717, 1.165) is 67.8 Å². The fourth-order valence-corrected chi connectivity index (χ4v) is 5.08. The molecule has 1 saturated heterocycles. The zero-order chi connectivity index (χ0) is 23.8. The lowest BCUT2D eigenvalue weighted by Gasteiger charge is -2.31. The zero-order valence-electron chi connectivity index (χ0n) is 19.9. The molecule has 2 N–H and O–H groups in total. The van der Waals surface area contributed by atoms with Crippen molar-refractivity contribution in [2.45, 2.75) is 46.1 Å². The molecular formula is C26H30FN5O2. The van der Waals surface area contributed by atoms with Crippen LogP contribution in [0.1, 0.15) is 48.8 Å². The molecule has 0 spiro atoms. The highest BCUT2D eigenvalue weighted by Gasteiger charge is 2.25. The predicted molar refractivity (Wildman–Crippen MR) is 132 cm³/mol. The number of aryl methyl sites for hydroxylation is 2. The Labute approximate surface area is 198 Å². The van der Waals surface area contributed by atoms with Crippen molar-refractivity contribution in [2.24, 2.45) is 0 Å². The molecule has 2 aliphatic rings. The Morgan fingerprint density at radius 3 is 2.65 bits per heavy atom. The number of rotatable bonds is 5. The topological polar surface area (TPSA) is 79.4 Å². The monoisotopic (exact) mass is 463 g/mol. The van der Waals surface area contributed by atoms with Gasteiger partial charge in [0.2, 0.25) is 5.91 Å². The summed E-state index contributed by atoms with van der Waals surface area (Å²) < 4.78 is 19.9. The van der Waals surface area contributed by atoms with Crippen LogP contribution < -0.4 is 15.5 Å². The minimum absolute atomic E-state index is 0.235. The van der Waals surface area contributed by atoms with E-state index in [9.17, 15) is 9.18 Å². The maximum absolute atomic E-state index is 14.3. The summed E-state index contributed by atoms with van der Waals surface area (Å²) in [6, 6.07) is 6.57. The lowest BCUT2D eigenvalue weighted by atomic mass is 10.0. The van der Waals surface area contributed by atoms with Crippen LogP contribution in [0.4, 0.5) is 21.6 Å². The minimum Gasteiger partial charge on any atom is -0.378 e. The first-order chi connectivity index (χ1) is 16.4. The Balaban J connectivity index is 1.56. The fraction of sp³-hybridized carbons (Fsp3) is 0.423. The largest absolute Gasteiger partial charge is 0.378 e. The summed E-state index contributed by atoms with van der Waals surface area (Å²) in [6.45, 7) is 8.49. The summed E-state index contributed by atoms with van der Waals surface area (Å²) in [5.41, 5.74) is 6.14. The number of benzene rings is 2. The molecule has 1 fully saturated rings. The summed E-state index contributed by atoms with van der Waals surface area (Å²) in [4.78, 5) is 23.4. The Morgan fingerprint density at radius 1 is 1.12 bits per heavy atom. The van der Waals surface area contributed by atoms with Crippen LogP contribution in [0.25, 0.3) is 10.9 Å². The first-order valence-corrected chi connectivity index (χ1v) is 11.9. The van der Waals surface area contributed by atoms with E-state index in [1.165, 1.54) is 35.9 Å². The van der Waals surface area contributed by atoms with Gasteiger partial charge in [0, 0.05) is 36.8 Å². The van der Waals surface area contributed by atoms with Crippen molar-refractivity contribution in [3.8, 4) is 0 Å². The third kappa shape index (κ3) is 4.42. The smallest absolute Gasteiger partial charge is 0.221 e. The molecule has 5 rings (SSSR count). The highest BCUT2D eigenvalue weighted by atomic mass is 19.1. The van der Waals surface area contributed by atoms with Gasteiger partial charge in [0.25, 0.3) is 0 Å². The molecule has 0 saturated carbocycles. The second kappa shape index (κ2) is 9.18. The molecule has 1 unspecified atom stereocenters. The molecule has 1 aliphatic heterocycles. The number of morpholine rings is 1. The average molecular weight is 464 g/mol. The van der Waals surface area contributed by atoms with Crippen LogP contribution in [0.3, 0.4) is 0 Å². The van der Waals surface area contributed by atoms with Gasteiger partial charge in [0.1, 0.15) is 17.5 Å². The SMILES string of the molecule is CC(=O)Nc1cc(F)cc(C(C)Nc2nc(C)nc3c4c(c(N5CCOCC5)cc23)CCC4)c1. The summed E-state index contributed by atoms with van der Waals surface area (Å²) in [5.74, 6) is 0.809. The van der Waals surface area contributed by atoms with Gasteiger partial charge in [-0.25, -0.2) is 14.4 Å². The van der Waals surface area contributed by atoms with Gasteiger partial charge in [0.15, 0.2) is 0 Å². The molecule has 1 amide bonds. The standard InChI is InChI=1S/C26H30FN5O2/c1-15(18-11-19(27)13-20(12-18)31-17(3)33)28-26-23-14-24(32-7-9-34-10-8-32)21-5-4-6-22(21)25(23)29-16(2)30-26/h11-15H,4-10H2,1-3H3,(H,31,33)(H,28,29,30). The quantitative estimate of drug-likeness (QED) is 0.579. The molecule has 34 heavy (non-hydrogen) atoms. The van der Waals surface area contributed by atoms with Gasteiger partial charge in [0.05, 0.1) is 24.8 Å². The number of fused-ring (bicyclic) bond motifs is 3. The zero-order valence-corrected chi connectivity index (χ0v) is 19.9. The number of aromatic nitrogens is 2. The van der Waals surface area contributed by atoms with Crippen molar-refractivity contribution >= 4 is 34.0 Å². The van der Waals surface area contributed by atoms with Crippen molar-refractivity contribution in [1.29, 1.82) is 0 Å². The number of carbonyl (C=O) groups is 1.